The molecule has 1 atom stereocenters. The molecular weight excluding hydrogens is 266 g/mol. The summed E-state index contributed by atoms with van der Waals surface area (Å²) in [5, 5.41) is 0. The van der Waals surface area contributed by atoms with E-state index in [0.717, 1.165) is 6.54 Å². The van der Waals surface area contributed by atoms with Crippen LogP contribution in [0.1, 0.15) is 26.7 Å². The molecule has 0 radical (unpaired) electrons. The summed E-state index contributed by atoms with van der Waals surface area (Å²) in [6.45, 7) is 4.56. The lowest BCUT2D eigenvalue weighted by atomic mass is 10.3. The Morgan fingerprint density at radius 2 is 1.89 bits per heavy atom. The Balaban J connectivity index is 2.37. The van der Waals surface area contributed by atoms with Crippen LogP contribution in [0, 0.1) is 0 Å². The molecule has 1 N–H and O–H groups in total. The van der Waals surface area contributed by atoms with Crippen LogP contribution in [0.15, 0.2) is 0 Å². The molecule has 1 unspecified atom stereocenters. The van der Waals surface area contributed by atoms with Crippen molar-refractivity contribution in [1.29, 1.82) is 0 Å². The van der Waals surface area contributed by atoms with Crippen LogP contribution in [0.25, 0.3) is 0 Å². The number of hydrogen-bond donors (Lipinski definition) is 1. The van der Waals surface area contributed by atoms with Gasteiger partial charge in [-0.25, -0.2) is 13.1 Å². The Hall–Kier alpha value is -0.660. The van der Waals surface area contributed by atoms with Gasteiger partial charge in [0.1, 0.15) is 0 Å². The maximum Gasteiger partial charge on any atom is 0.240 e. The van der Waals surface area contributed by atoms with Crippen molar-refractivity contribution in [2.75, 3.05) is 32.9 Å². The zero-order chi connectivity index (χ0) is 14.6. The lowest BCUT2D eigenvalue weighted by Crippen LogP contribution is -2.47. The number of amides is 1. The lowest BCUT2D eigenvalue weighted by Gasteiger charge is -2.24. The van der Waals surface area contributed by atoms with E-state index < -0.39 is 16.1 Å². The number of nitrogens with one attached hydrogen (secondary N) is 1. The van der Waals surface area contributed by atoms with E-state index in [-0.39, 0.29) is 11.7 Å². The number of carbonyl (C=O) groups excluding carboxylic acids is 1. The van der Waals surface area contributed by atoms with Gasteiger partial charge in [0, 0.05) is 26.2 Å². The first-order chi connectivity index (χ1) is 8.76. The minimum Gasteiger partial charge on any atom is -0.343 e. The van der Waals surface area contributed by atoms with Gasteiger partial charge in [-0.15, -0.1) is 0 Å². The fourth-order valence-corrected chi connectivity index (χ4v) is 2.66. The maximum absolute atomic E-state index is 12.0. The molecule has 0 spiro atoms. The average molecular weight is 291 g/mol. The molecule has 0 aromatic rings. The smallest absolute Gasteiger partial charge is 0.240 e. The molecule has 0 aromatic heterocycles. The summed E-state index contributed by atoms with van der Waals surface area (Å²) in [5.74, 6) is -0.208. The van der Waals surface area contributed by atoms with E-state index in [1.54, 1.807) is 25.8 Å². The van der Waals surface area contributed by atoms with Gasteiger partial charge in [-0.05, 0) is 33.7 Å². The van der Waals surface area contributed by atoms with Gasteiger partial charge in [0.05, 0.1) is 11.8 Å². The molecule has 1 aliphatic rings. The highest BCUT2D eigenvalue weighted by Gasteiger charge is 2.27. The Labute approximate surface area is 116 Å². The molecule has 0 aromatic carbocycles. The Morgan fingerprint density at radius 3 is 2.37 bits per heavy atom. The molecule has 1 amide bonds. The van der Waals surface area contributed by atoms with Gasteiger partial charge in [-0.3, -0.25) is 4.79 Å². The first kappa shape index (κ1) is 16.4. The van der Waals surface area contributed by atoms with Gasteiger partial charge >= 0.3 is 0 Å². The molecule has 0 aliphatic heterocycles. The van der Waals surface area contributed by atoms with E-state index in [1.807, 2.05) is 0 Å². The molecule has 6 nitrogen and oxygen atoms in total. The van der Waals surface area contributed by atoms with Crippen molar-refractivity contribution in [3.63, 3.8) is 0 Å². The van der Waals surface area contributed by atoms with E-state index in [1.165, 1.54) is 12.8 Å². The molecule has 7 heteroatoms. The summed E-state index contributed by atoms with van der Waals surface area (Å²) in [5.41, 5.74) is 0. The molecule has 1 aliphatic carbocycles. The van der Waals surface area contributed by atoms with Gasteiger partial charge < -0.3 is 9.80 Å². The van der Waals surface area contributed by atoms with E-state index in [4.69, 9.17) is 0 Å². The SMILES string of the molecule is CCS(=O)(=O)NC(C)C(=O)N(C)CCN(C)C1CC1. The van der Waals surface area contributed by atoms with Crippen molar-refractivity contribution >= 4 is 15.9 Å². The predicted molar refractivity (Wildman–Crippen MR) is 75.3 cm³/mol. The monoisotopic (exact) mass is 291 g/mol. The lowest BCUT2D eigenvalue weighted by molar-refractivity contribution is -0.131. The third kappa shape index (κ3) is 5.46. The second-order valence-corrected chi connectivity index (χ2v) is 7.26. The number of rotatable bonds is 8. The summed E-state index contributed by atoms with van der Waals surface area (Å²) >= 11 is 0. The summed E-state index contributed by atoms with van der Waals surface area (Å²) < 4.78 is 25.2. The van der Waals surface area contributed by atoms with Crippen molar-refractivity contribution in [1.82, 2.24) is 14.5 Å². The maximum atomic E-state index is 12.0. The van der Waals surface area contributed by atoms with Crippen LogP contribution in [0.4, 0.5) is 0 Å². The number of carbonyl (C=O) groups is 1. The van der Waals surface area contributed by atoms with Crippen LogP contribution in [-0.4, -0.2) is 69.1 Å². The molecule has 0 saturated heterocycles. The minimum absolute atomic E-state index is 0.0151. The minimum atomic E-state index is -3.34. The van der Waals surface area contributed by atoms with Crippen LogP contribution in [0.3, 0.4) is 0 Å². The van der Waals surface area contributed by atoms with Crippen molar-refractivity contribution in [2.45, 2.75) is 38.8 Å². The molecule has 19 heavy (non-hydrogen) atoms. The van der Waals surface area contributed by atoms with Crippen molar-refractivity contribution in [2.24, 2.45) is 0 Å². The molecule has 112 valence electrons. The Kier molecular flexibility index (Phi) is 5.76. The third-order valence-corrected chi connectivity index (χ3v) is 4.91. The van der Waals surface area contributed by atoms with Crippen LogP contribution in [0.5, 0.6) is 0 Å². The molecular formula is C12H25N3O3S. The van der Waals surface area contributed by atoms with Gasteiger partial charge in [-0.1, -0.05) is 0 Å². The van der Waals surface area contributed by atoms with Crippen LogP contribution in [0.2, 0.25) is 0 Å². The molecule has 1 rings (SSSR count). The third-order valence-electron chi connectivity index (χ3n) is 3.44. The molecule has 1 saturated carbocycles. The highest BCUT2D eigenvalue weighted by Crippen LogP contribution is 2.24. The Morgan fingerprint density at radius 1 is 1.32 bits per heavy atom. The summed E-state index contributed by atoms with van der Waals surface area (Å²) in [6, 6.07) is -0.0410. The number of nitrogens with zero attached hydrogens (tertiary/aromatic N) is 2. The van der Waals surface area contributed by atoms with Crippen molar-refractivity contribution in [3.8, 4) is 0 Å². The molecule has 0 heterocycles. The van der Waals surface area contributed by atoms with Crippen LogP contribution in [-0.2, 0) is 14.8 Å². The zero-order valence-electron chi connectivity index (χ0n) is 12.2. The van der Waals surface area contributed by atoms with Crippen LogP contribution < -0.4 is 4.72 Å². The van der Waals surface area contributed by atoms with Crippen LogP contribution >= 0.6 is 0 Å². The second kappa shape index (κ2) is 6.67. The average Bonchev–Trinajstić information content (AvgIpc) is 3.18. The van der Waals surface area contributed by atoms with Crippen molar-refractivity contribution in [3.05, 3.63) is 0 Å². The van der Waals surface area contributed by atoms with Gasteiger partial charge in [0.25, 0.3) is 0 Å². The van der Waals surface area contributed by atoms with Crippen molar-refractivity contribution < 1.29 is 13.2 Å². The first-order valence-corrected chi connectivity index (χ1v) is 8.37. The topological polar surface area (TPSA) is 69.7 Å². The Bertz CT molecular complexity index is 406. The number of sulfonamides is 1. The first-order valence-electron chi connectivity index (χ1n) is 6.72. The normalized spacial score (nSPS) is 17.5. The van der Waals surface area contributed by atoms with E-state index in [2.05, 4.69) is 16.7 Å². The fourth-order valence-electron chi connectivity index (χ4n) is 1.85. The quantitative estimate of drug-likeness (QED) is 0.676. The largest absolute Gasteiger partial charge is 0.343 e. The zero-order valence-corrected chi connectivity index (χ0v) is 13.0. The summed E-state index contributed by atoms with van der Waals surface area (Å²) in [6.07, 6.45) is 2.47. The molecule has 0 bridgehead atoms. The van der Waals surface area contributed by atoms with Gasteiger partial charge in [-0.2, -0.15) is 0 Å². The molecule has 1 fully saturated rings. The number of hydrogen-bond acceptors (Lipinski definition) is 4. The summed E-state index contributed by atoms with van der Waals surface area (Å²) in [7, 11) is 0.423. The number of likely N-dealkylation sites (N-methyl/N-ethyl adjacent to an activating group) is 2. The highest BCUT2D eigenvalue weighted by atomic mass is 32.2. The highest BCUT2D eigenvalue weighted by molar-refractivity contribution is 7.89. The fraction of sp³-hybridized carbons (Fsp3) is 0.917. The summed E-state index contributed by atoms with van der Waals surface area (Å²) in [4.78, 5) is 15.8. The van der Waals surface area contributed by atoms with E-state index in [9.17, 15) is 13.2 Å². The van der Waals surface area contributed by atoms with Gasteiger partial charge in [0.15, 0.2) is 0 Å². The van der Waals surface area contributed by atoms with E-state index >= 15 is 0 Å². The standard InChI is InChI=1S/C12H25N3O3S/c1-5-19(17,18)13-10(2)12(16)15(4)9-8-14(3)11-6-7-11/h10-11,13H,5-9H2,1-4H3. The van der Waals surface area contributed by atoms with E-state index in [0.29, 0.717) is 12.6 Å². The second-order valence-electron chi connectivity index (χ2n) is 5.21. The predicted octanol–water partition coefficient (Wildman–Crippen LogP) is -0.133. The van der Waals surface area contributed by atoms with Gasteiger partial charge in [0.2, 0.25) is 15.9 Å².